The largest absolute Gasteiger partial charge is 0.486 e. The lowest BCUT2D eigenvalue weighted by Crippen LogP contribution is -2.21. The Balaban J connectivity index is 1.56. The minimum absolute atomic E-state index is 0.0836. The summed E-state index contributed by atoms with van der Waals surface area (Å²) >= 11 is 0. The quantitative estimate of drug-likeness (QED) is 0.775. The first-order chi connectivity index (χ1) is 11.8. The van der Waals surface area contributed by atoms with Gasteiger partial charge in [-0.05, 0) is 17.7 Å². The van der Waals surface area contributed by atoms with Crippen molar-refractivity contribution in [3.8, 4) is 11.5 Å². The molecule has 4 rings (SSSR count). The van der Waals surface area contributed by atoms with E-state index < -0.39 is 0 Å². The molecule has 0 saturated carbocycles. The predicted octanol–water partition coefficient (Wildman–Crippen LogP) is 2.59. The summed E-state index contributed by atoms with van der Waals surface area (Å²) in [5, 5.41) is 4.25. The third kappa shape index (κ3) is 2.98. The zero-order valence-corrected chi connectivity index (χ0v) is 13.2. The van der Waals surface area contributed by atoms with E-state index in [1.807, 2.05) is 36.4 Å². The highest BCUT2D eigenvalue weighted by Gasteiger charge is 2.14. The predicted molar refractivity (Wildman–Crippen MR) is 92.5 cm³/mol. The molecule has 0 fully saturated rings. The fourth-order valence-electron chi connectivity index (χ4n) is 2.86. The van der Waals surface area contributed by atoms with Crippen molar-refractivity contribution < 1.29 is 9.47 Å². The van der Waals surface area contributed by atoms with Crippen molar-refractivity contribution in [3.63, 3.8) is 0 Å². The van der Waals surface area contributed by atoms with Gasteiger partial charge in [-0.3, -0.25) is 4.79 Å². The molecule has 3 aromatic rings. The molecule has 0 spiro atoms. The molecule has 1 aliphatic rings. The standard InChI is InChI=1S/C19H18N2O3/c22-19-15(12-20-11-13-4-2-1-3-5-13)8-14-9-17-18(10-16(14)21-19)24-7-6-23-17/h1-5,8-10,20H,6-7,11-12H2,(H,21,22). The fraction of sp³-hybridized carbons (Fsp3) is 0.211. The maximum Gasteiger partial charge on any atom is 0.252 e. The van der Waals surface area contributed by atoms with Crippen LogP contribution in [-0.4, -0.2) is 18.2 Å². The highest BCUT2D eigenvalue weighted by atomic mass is 16.6. The van der Waals surface area contributed by atoms with E-state index in [1.165, 1.54) is 5.56 Å². The molecule has 5 nitrogen and oxygen atoms in total. The van der Waals surface area contributed by atoms with Crippen molar-refractivity contribution in [2.75, 3.05) is 13.2 Å². The van der Waals surface area contributed by atoms with Crippen molar-refractivity contribution in [2.24, 2.45) is 0 Å². The number of rotatable bonds is 4. The van der Waals surface area contributed by atoms with Crippen LogP contribution in [0.3, 0.4) is 0 Å². The number of hydrogen-bond acceptors (Lipinski definition) is 4. The van der Waals surface area contributed by atoms with Crippen molar-refractivity contribution in [1.29, 1.82) is 0 Å². The number of hydrogen-bond donors (Lipinski definition) is 2. The summed E-state index contributed by atoms with van der Waals surface area (Å²) in [5.41, 5.74) is 2.57. The van der Waals surface area contributed by atoms with Crippen molar-refractivity contribution >= 4 is 10.9 Å². The molecule has 2 heterocycles. The Morgan fingerprint density at radius 3 is 2.50 bits per heavy atom. The van der Waals surface area contributed by atoms with Gasteiger partial charge >= 0.3 is 0 Å². The summed E-state index contributed by atoms with van der Waals surface area (Å²) in [5.74, 6) is 1.41. The van der Waals surface area contributed by atoms with Crippen LogP contribution >= 0.6 is 0 Å². The molecule has 5 heteroatoms. The van der Waals surface area contributed by atoms with Gasteiger partial charge in [-0.25, -0.2) is 0 Å². The Hall–Kier alpha value is -2.79. The Bertz CT molecular complexity index is 919. The van der Waals surface area contributed by atoms with Crippen molar-refractivity contribution in [1.82, 2.24) is 10.3 Å². The Labute approximate surface area is 139 Å². The number of H-pyrrole nitrogens is 1. The average Bonchev–Trinajstić information content (AvgIpc) is 2.61. The summed E-state index contributed by atoms with van der Waals surface area (Å²) in [6, 6.07) is 15.8. The molecule has 1 aromatic heterocycles. The zero-order valence-electron chi connectivity index (χ0n) is 13.2. The lowest BCUT2D eigenvalue weighted by Gasteiger charge is -2.18. The van der Waals surface area contributed by atoms with Crippen LogP contribution < -0.4 is 20.3 Å². The zero-order chi connectivity index (χ0) is 16.4. The van der Waals surface area contributed by atoms with Crippen LogP contribution in [0, 0.1) is 0 Å². The normalized spacial score (nSPS) is 13.2. The SMILES string of the molecule is O=c1[nH]c2cc3c(cc2cc1CNCc1ccccc1)OCCO3. The van der Waals surface area contributed by atoms with Crippen molar-refractivity contribution in [2.45, 2.75) is 13.1 Å². The number of nitrogens with one attached hydrogen (secondary N) is 2. The van der Waals surface area contributed by atoms with Crippen LogP contribution in [0.1, 0.15) is 11.1 Å². The van der Waals surface area contributed by atoms with Gasteiger partial charge in [0.1, 0.15) is 13.2 Å². The van der Waals surface area contributed by atoms with E-state index in [0.717, 1.165) is 23.2 Å². The molecule has 2 N–H and O–H groups in total. The number of aromatic amines is 1. The molecule has 0 atom stereocenters. The van der Waals surface area contributed by atoms with Gasteiger partial charge in [0.15, 0.2) is 11.5 Å². The summed E-state index contributed by atoms with van der Waals surface area (Å²) in [7, 11) is 0. The molecule has 122 valence electrons. The summed E-state index contributed by atoms with van der Waals surface area (Å²) < 4.78 is 11.2. The van der Waals surface area contributed by atoms with Crippen LogP contribution in [0.2, 0.25) is 0 Å². The maximum absolute atomic E-state index is 12.3. The van der Waals surface area contributed by atoms with Crippen LogP contribution in [0.5, 0.6) is 11.5 Å². The van der Waals surface area contributed by atoms with Crippen LogP contribution in [0.25, 0.3) is 10.9 Å². The molecule has 0 unspecified atom stereocenters. The number of benzene rings is 2. The molecule has 0 amide bonds. The molecule has 0 bridgehead atoms. The molecule has 24 heavy (non-hydrogen) atoms. The number of pyridine rings is 1. The second kappa shape index (κ2) is 6.37. The van der Waals surface area contributed by atoms with E-state index in [-0.39, 0.29) is 5.56 Å². The first-order valence-electron chi connectivity index (χ1n) is 8.00. The Kier molecular flexibility index (Phi) is 3.92. The van der Waals surface area contributed by atoms with Gasteiger partial charge in [0.2, 0.25) is 0 Å². The molecule has 0 saturated heterocycles. The molecular formula is C19H18N2O3. The first kappa shape index (κ1) is 14.8. The van der Waals surface area contributed by atoms with Crippen molar-refractivity contribution in [3.05, 3.63) is 70.0 Å². The first-order valence-corrected chi connectivity index (χ1v) is 8.00. The van der Waals surface area contributed by atoms with E-state index in [2.05, 4.69) is 22.4 Å². The average molecular weight is 322 g/mol. The van der Waals surface area contributed by atoms with Gasteiger partial charge < -0.3 is 19.8 Å². The van der Waals surface area contributed by atoms with Gasteiger partial charge in [0, 0.05) is 30.1 Å². The minimum atomic E-state index is -0.0836. The highest BCUT2D eigenvalue weighted by molar-refractivity contribution is 5.83. The summed E-state index contributed by atoms with van der Waals surface area (Å²) in [6.45, 7) is 2.31. The number of aromatic nitrogens is 1. The summed E-state index contributed by atoms with van der Waals surface area (Å²) in [6.07, 6.45) is 0. The second-order valence-electron chi connectivity index (χ2n) is 5.80. The summed E-state index contributed by atoms with van der Waals surface area (Å²) in [4.78, 5) is 15.2. The van der Waals surface area contributed by atoms with Gasteiger partial charge in [-0.1, -0.05) is 30.3 Å². The van der Waals surface area contributed by atoms with Crippen LogP contribution in [-0.2, 0) is 13.1 Å². The molecule has 1 aliphatic heterocycles. The van der Waals surface area contributed by atoms with Crippen LogP contribution in [0.15, 0.2) is 53.3 Å². The minimum Gasteiger partial charge on any atom is -0.486 e. The van der Waals surface area contributed by atoms with E-state index in [0.29, 0.717) is 31.1 Å². The van der Waals surface area contributed by atoms with E-state index in [9.17, 15) is 4.79 Å². The van der Waals surface area contributed by atoms with Gasteiger partial charge in [0.05, 0.1) is 5.52 Å². The number of fused-ring (bicyclic) bond motifs is 2. The Morgan fingerprint density at radius 1 is 0.958 bits per heavy atom. The van der Waals surface area contributed by atoms with E-state index >= 15 is 0 Å². The third-order valence-electron chi connectivity index (χ3n) is 4.07. The second-order valence-corrected chi connectivity index (χ2v) is 5.80. The Morgan fingerprint density at radius 2 is 1.71 bits per heavy atom. The van der Waals surface area contributed by atoms with Gasteiger partial charge in [-0.2, -0.15) is 0 Å². The van der Waals surface area contributed by atoms with Gasteiger partial charge in [-0.15, -0.1) is 0 Å². The monoisotopic (exact) mass is 322 g/mol. The highest BCUT2D eigenvalue weighted by Crippen LogP contribution is 2.33. The lowest BCUT2D eigenvalue weighted by atomic mass is 10.1. The third-order valence-corrected chi connectivity index (χ3v) is 4.07. The number of ether oxygens (including phenoxy) is 2. The smallest absolute Gasteiger partial charge is 0.252 e. The van der Waals surface area contributed by atoms with Crippen LogP contribution in [0.4, 0.5) is 0 Å². The topological polar surface area (TPSA) is 63.4 Å². The van der Waals surface area contributed by atoms with Gasteiger partial charge in [0.25, 0.3) is 5.56 Å². The molecular weight excluding hydrogens is 304 g/mol. The molecule has 0 radical (unpaired) electrons. The molecule has 2 aromatic carbocycles. The maximum atomic E-state index is 12.3. The fourth-order valence-corrected chi connectivity index (χ4v) is 2.86. The van der Waals surface area contributed by atoms with E-state index in [4.69, 9.17) is 9.47 Å². The molecule has 0 aliphatic carbocycles. The lowest BCUT2D eigenvalue weighted by molar-refractivity contribution is 0.172. The van der Waals surface area contributed by atoms with E-state index in [1.54, 1.807) is 0 Å².